The van der Waals surface area contributed by atoms with Gasteiger partial charge in [0.05, 0.1) is 16.4 Å². The van der Waals surface area contributed by atoms with Crippen LogP contribution in [-0.2, 0) is 11.2 Å². The number of nitrogens with two attached hydrogens (primary N) is 1. The first-order valence-corrected chi connectivity index (χ1v) is 11.7. The van der Waals surface area contributed by atoms with Gasteiger partial charge in [-0.1, -0.05) is 49.9 Å². The number of carboxylic acids is 1. The Morgan fingerprint density at radius 2 is 1.69 bits per heavy atom. The summed E-state index contributed by atoms with van der Waals surface area (Å²) in [5.74, 6) is -1.40. The van der Waals surface area contributed by atoms with Crippen LogP contribution >= 0.6 is 11.8 Å². The number of carbonyl (C=O) groups is 2. The number of amides is 1. The number of aromatic nitrogens is 1. The lowest BCUT2D eigenvalue weighted by Crippen LogP contribution is -2.25. The van der Waals surface area contributed by atoms with Gasteiger partial charge in [0.1, 0.15) is 28.5 Å². The van der Waals surface area contributed by atoms with E-state index in [2.05, 4.69) is 22.4 Å². The van der Waals surface area contributed by atoms with Gasteiger partial charge in [-0.15, -0.1) is 0 Å². The number of benzene rings is 2. The summed E-state index contributed by atoms with van der Waals surface area (Å²) >= 11 is 1.10. The molecule has 0 spiro atoms. The molecule has 0 saturated heterocycles. The number of pyridine rings is 1. The maximum Gasteiger partial charge on any atom is 0.335 e. The van der Waals surface area contributed by atoms with Crippen LogP contribution < -0.4 is 11.1 Å². The molecule has 1 atom stereocenters. The Hall–Kier alpha value is -4.34. The Labute approximate surface area is 207 Å². The van der Waals surface area contributed by atoms with E-state index < -0.39 is 11.2 Å². The van der Waals surface area contributed by atoms with Crippen molar-refractivity contribution in [3.8, 4) is 23.3 Å². The third kappa shape index (κ3) is 5.60. The number of nitrogen functional groups attached to an aromatic ring is 1. The number of thioether (sulfide) groups is 1. The van der Waals surface area contributed by atoms with Crippen molar-refractivity contribution in [1.29, 1.82) is 10.5 Å². The Morgan fingerprint density at radius 3 is 2.20 bits per heavy atom. The molecule has 176 valence electrons. The first kappa shape index (κ1) is 25.3. The number of aromatic carboxylic acids is 1. The van der Waals surface area contributed by atoms with Crippen molar-refractivity contribution in [2.45, 2.75) is 37.0 Å². The molecule has 1 heterocycles. The third-order valence-electron chi connectivity index (χ3n) is 5.38. The molecule has 0 aliphatic carbocycles. The molecule has 1 amide bonds. The minimum atomic E-state index is -1.06. The van der Waals surface area contributed by atoms with E-state index in [0.29, 0.717) is 23.2 Å². The van der Waals surface area contributed by atoms with Gasteiger partial charge in [0.15, 0.2) is 0 Å². The highest BCUT2D eigenvalue weighted by Crippen LogP contribution is 2.37. The van der Waals surface area contributed by atoms with Gasteiger partial charge in [0.25, 0.3) is 0 Å². The monoisotopic (exact) mass is 485 g/mol. The Balaban J connectivity index is 1.96. The van der Waals surface area contributed by atoms with Crippen LogP contribution in [0.2, 0.25) is 0 Å². The molecule has 0 aliphatic heterocycles. The number of nitrogens with zero attached hydrogens (tertiary/aromatic N) is 3. The standard InChI is InChI=1S/C26H23N5O3S/c1-3-15-5-7-16(8-6-15)22-19(13-27)23(29)31-25(20(22)14-28)35-21(4-2)24(32)30-18-11-9-17(10-12-18)26(33)34/h5-12,21H,3-4H2,1-2H3,(H2,29,31)(H,30,32)(H,33,34). The number of aryl methyl sites for hydroxylation is 1. The Morgan fingerprint density at radius 1 is 1.06 bits per heavy atom. The number of nitrogens with one attached hydrogen (secondary N) is 1. The van der Waals surface area contributed by atoms with Crippen LogP contribution in [0.25, 0.3) is 11.1 Å². The number of anilines is 2. The highest BCUT2D eigenvalue weighted by atomic mass is 32.2. The normalized spacial score (nSPS) is 11.2. The predicted molar refractivity (Wildman–Crippen MR) is 135 cm³/mol. The molecule has 35 heavy (non-hydrogen) atoms. The van der Waals surface area contributed by atoms with Crippen LogP contribution in [0, 0.1) is 22.7 Å². The van der Waals surface area contributed by atoms with Crippen molar-refractivity contribution in [3.05, 3.63) is 70.8 Å². The van der Waals surface area contributed by atoms with Gasteiger partial charge < -0.3 is 16.2 Å². The van der Waals surface area contributed by atoms with E-state index in [9.17, 15) is 20.1 Å². The van der Waals surface area contributed by atoms with Crippen molar-refractivity contribution in [3.63, 3.8) is 0 Å². The second-order valence-corrected chi connectivity index (χ2v) is 8.78. The van der Waals surface area contributed by atoms with Gasteiger partial charge in [-0.05, 0) is 48.2 Å². The third-order valence-corrected chi connectivity index (χ3v) is 6.73. The van der Waals surface area contributed by atoms with Gasteiger partial charge in [-0.25, -0.2) is 9.78 Å². The van der Waals surface area contributed by atoms with Crippen LogP contribution in [0.1, 0.15) is 47.3 Å². The summed E-state index contributed by atoms with van der Waals surface area (Å²) in [4.78, 5) is 28.3. The van der Waals surface area contributed by atoms with E-state index in [1.165, 1.54) is 24.3 Å². The van der Waals surface area contributed by atoms with Crippen LogP contribution in [0.5, 0.6) is 0 Å². The fourth-order valence-electron chi connectivity index (χ4n) is 3.46. The molecular formula is C26H23N5O3S. The smallest absolute Gasteiger partial charge is 0.335 e. The summed E-state index contributed by atoms with van der Waals surface area (Å²) in [6.07, 6.45) is 1.28. The molecule has 4 N–H and O–H groups in total. The zero-order valence-corrected chi connectivity index (χ0v) is 20.0. The molecule has 0 aliphatic rings. The summed E-state index contributed by atoms with van der Waals surface area (Å²) in [7, 11) is 0. The lowest BCUT2D eigenvalue weighted by Gasteiger charge is -2.18. The molecule has 8 nitrogen and oxygen atoms in total. The van der Waals surface area contributed by atoms with Crippen molar-refractivity contribution in [2.24, 2.45) is 0 Å². The molecule has 0 fully saturated rings. The number of hydrogen-bond donors (Lipinski definition) is 3. The quantitative estimate of drug-likeness (QED) is 0.383. The molecule has 0 bridgehead atoms. The number of rotatable bonds is 8. The second kappa shape index (κ2) is 11.2. The van der Waals surface area contributed by atoms with Crippen LogP contribution in [0.15, 0.2) is 53.6 Å². The maximum atomic E-state index is 13.0. The van der Waals surface area contributed by atoms with E-state index in [0.717, 1.165) is 23.7 Å². The summed E-state index contributed by atoms with van der Waals surface area (Å²) in [6, 6.07) is 17.6. The van der Waals surface area contributed by atoms with Crippen LogP contribution in [-0.4, -0.2) is 27.2 Å². The van der Waals surface area contributed by atoms with Gasteiger partial charge in [-0.3, -0.25) is 4.79 Å². The predicted octanol–water partition coefficient (Wildman–Crippen LogP) is 4.84. The SMILES string of the molecule is CCc1ccc(-c2c(C#N)c(N)nc(SC(CC)C(=O)Nc3ccc(C(=O)O)cc3)c2C#N)cc1. The maximum absolute atomic E-state index is 13.0. The highest BCUT2D eigenvalue weighted by Gasteiger charge is 2.25. The summed E-state index contributed by atoms with van der Waals surface area (Å²) in [5, 5.41) is 31.2. The molecular weight excluding hydrogens is 462 g/mol. The number of carboxylic acid groups (broad SMARTS) is 1. The fourth-order valence-corrected chi connectivity index (χ4v) is 4.47. The zero-order valence-electron chi connectivity index (χ0n) is 19.2. The van der Waals surface area contributed by atoms with Gasteiger partial charge in [0, 0.05) is 11.3 Å². The largest absolute Gasteiger partial charge is 0.478 e. The van der Waals surface area contributed by atoms with E-state index >= 15 is 0 Å². The van der Waals surface area contributed by atoms with Crippen molar-refractivity contribution >= 4 is 35.1 Å². The van der Waals surface area contributed by atoms with Crippen LogP contribution in [0.4, 0.5) is 11.5 Å². The van der Waals surface area contributed by atoms with E-state index in [1.54, 1.807) is 0 Å². The van der Waals surface area contributed by atoms with E-state index in [4.69, 9.17) is 10.8 Å². The molecule has 0 radical (unpaired) electrons. The summed E-state index contributed by atoms with van der Waals surface area (Å²) in [5.41, 5.74) is 9.14. The van der Waals surface area contributed by atoms with E-state index in [-0.39, 0.29) is 33.4 Å². The summed E-state index contributed by atoms with van der Waals surface area (Å²) < 4.78 is 0. The fraction of sp³-hybridized carbons (Fsp3) is 0.192. The molecule has 3 rings (SSSR count). The molecule has 1 aromatic heterocycles. The first-order valence-electron chi connectivity index (χ1n) is 10.9. The summed E-state index contributed by atoms with van der Waals surface area (Å²) in [6.45, 7) is 3.86. The molecule has 3 aromatic rings. The average Bonchev–Trinajstić information content (AvgIpc) is 2.87. The zero-order chi connectivity index (χ0) is 25.5. The van der Waals surface area contributed by atoms with Crippen LogP contribution in [0.3, 0.4) is 0 Å². The van der Waals surface area contributed by atoms with Crippen molar-refractivity contribution in [1.82, 2.24) is 4.98 Å². The molecule has 0 saturated carbocycles. The number of carbonyl (C=O) groups excluding carboxylic acids is 1. The highest BCUT2D eigenvalue weighted by molar-refractivity contribution is 8.00. The molecule has 1 unspecified atom stereocenters. The lowest BCUT2D eigenvalue weighted by atomic mass is 9.96. The van der Waals surface area contributed by atoms with Gasteiger partial charge >= 0.3 is 5.97 Å². The molecule has 9 heteroatoms. The lowest BCUT2D eigenvalue weighted by molar-refractivity contribution is -0.115. The number of hydrogen-bond acceptors (Lipinski definition) is 7. The Kier molecular flexibility index (Phi) is 8.08. The Bertz CT molecular complexity index is 1340. The van der Waals surface area contributed by atoms with E-state index in [1.807, 2.05) is 38.1 Å². The van der Waals surface area contributed by atoms with Gasteiger partial charge in [0.2, 0.25) is 5.91 Å². The van der Waals surface area contributed by atoms with Crippen molar-refractivity contribution < 1.29 is 14.7 Å². The number of nitriles is 2. The minimum absolute atomic E-state index is 0.0110. The van der Waals surface area contributed by atoms with Crippen molar-refractivity contribution in [2.75, 3.05) is 11.1 Å². The molecule has 2 aromatic carbocycles. The minimum Gasteiger partial charge on any atom is -0.478 e. The van der Waals surface area contributed by atoms with Gasteiger partial charge in [-0.2, -0.15) is 10.5 Å². The second-order valence-electron chi connectivity index (χ2n) is 7.59. The average molecular weight is 486 g/mol. The first-order chi connectivity index (χ1) is 16.8. The topological polar surface area (TPSA) is 153 Å².